The Balaban J connectivity index is 0.000000180. The molecule has 2 N–H and O–H groups in total. The number of phenols is 2. The molecule has 0 amide bonds. The summed E-state index contributed by atoms with van der Waals surface area (Å²) in [5.74, 6) is 6.91. The highest BCUT2D eigenvalue weighted by molar-refractivity contribution is 7.97. The van der Waals surface area contributed by atoms with Gasteiger partial charge in [0.25, 0.3) is 0 Å². The van der Waals surface area contributed by atoms with Crippen LogP contribution in [0.4, 0.5) is 13.2 Å². The van der Waals surface area contributed by atoms with Gasteiger partial charge in [0.15, 0.2) is 21.0 Å². The predicted molar refractivity (Wildman–Crippen MR) is 353 cm³/mol. The second kappa shape index (κ2) is 34.0. The molecule has 0 aliphatic heterocycles. The third-order valence-electron chi connectivity index (χ3n) is 17.9. The molecule has 6 atom stereocenters. The Kier molecular flexibility index (Phi) is 27.3. The van der Waals surface area contributed by atoms with Gasteiger partial charge in [0.1, 0.15) is 40.4 Å². The van der Waals surface area contributed by atoms with E-state index in [9.17, 15) is 13.2 Å². The van der Waals surface area contributed by atoms with Gasteiger partial charge >= 0.3 is 0 Å². The average Bonchev–Trinajstić information content (AvgIpc) is 1.37. The van der Waals surface area contributed by atoms with E-state index in [4.69, 9.17) is 29.2 Å². The van der Waals surface area contributed by atoms with Crippen LogP contribution < -0.4 is 9.47 Å². The molecule has 11 rings (SSSR count). The molecule has 0 aromatic heterocycles. The number of ether oxygens (including phenoxy) is 4. The number of hydrogen-bond acceptors (Lipinski definition) is 6. The minimum atomic E-state index is -0.539. The van der Waals surface area contributed by atoms with Crippen molar-refractivity contribution in [2.75, 3.05) is 14.2 Å². The predicted octanol–water partition coefficient (Wildman–Crippen LogP) is 21.8. The van der Waals surface area contributed by atoms with E-state index in [0.29, 0.717) is 40.6 Å². The Morgan fingerprint density at radius 1 is 0.437 bits per heavy atom. The summed E-state index contributed by atoms with van der Waals surface area (Å²) in [7, 11) is 2.95. The number of phenolic OH excluding ortho intramolecular Hbond substituents is 2. The molecule has 6 unspecified atom stereocenters. The summed E-state index contributed by atoms with van der Waals surface area (Å²) in [6, 6.07) is 50.4. The van der Waals surface area contributed by atoms with Crippen LogP contribution in [0.5, 0.6) is 23.0 Å². The lowest BCUT2D eigenvalue weighted by Gasteiger charge is -2.57. The Hall–Kier alpha value is -6.20. The van der Waals surface area contributed by atoms with Crippen molar-refractivity contribution in [3.63, 3.8) is 0 Å². The zero-order chi connectivity index (χ0) is 63.3. The monoisotopic (exact) mass is 1210 g/mol. The molecule has 470 valence electrons. The second-order valence-corrected chi connectivity index (χ2v) is 27.7. The van der Waals surface area contributed by atoms with Gasteiger partial charge in [-0.2, -0.15) is 0 Å². The molecule has 0 heterocycles. The standard InChI is InChI=1S/C23H34O2.C18H12F3S.C16H26O2.2C10H14O/c1-4-16(2)20-5-7-21(8-6-20)25-22(24-3)15-23-12-17-9-18(13-23)11-19(10-17)14-23;19-13-1-7-16(8-2-13)22(17-9-3-14(20)4-10-17)18-11-5-15(21)6-12-18;1-7-12(2)13-8-10-14(11-9-13)18-15(17-6)16(3,4)5;2*1-3-8(2)9-4-6-10(11)7-5-9/h5-8,16-19,22H,4,9-15H2,1-3H3;1-12H;8-12,15H,7H2,1-6H3;2*4-8,11H,3H2,1-2H3/q;+1;;;. The first-order valence-electron chi connectivity index (χ1n) is 31.8. The smallest absolute Gasteiger partial charge is 0.204 e. The quantitative estimate of drug-likeness (QED) is 0.0621. The first-order chi connectivity index (χ1) is 41.6. The lowest BCUT2D eigenvalue weighted by molar-refractivity contribution is -0.129. The Bertz CT molecular complexity index is 2840. The normalized spacial score (nSPS) is 19.4. The van der Waals surface area contributed by atoms with Crippen LogP contribution in [-0.4, -0.2) is 37.0 Å². The molecule has 10 heteroatoms. The molecule has 4 fully saturated rings. The van der Waals surface area contributed by atoms with Crippen molar-refractivity contribution in [2.45, 2.75) is 198 Å². The van der Waals surface area contributed by atoms with E-state index >= 15 is 0 Å². The van der Waals surface area contributed by atoms with Gasteiger partial charge < -0.3 is 29.2 Å². The van der Waals surface area contributed by atoms with Crippen molar-refractivity contribution in [3.05, 3.63) is 210 Å². The van der Waals surface area contributed by atoms with Crippen molar-refractivity contribution in [2.24, 2.45) is 28.6 Å². The second-order valence-electron chi connectivity index (χ2n) is 25.7. The molecule has 0 spiro atoms. The van der Waals surface area contributed by atoms with E-state index < -0.39 is 10.9 Å². The molecule has 7 aromatic rings. The van der Waals surface area contributed by atoms with Gasteiger partial charge in [0.05, 0.1) is 10.9 Å². The maximum Gasteiger partial charge on any atom is 0.204 e. The number of hydrogen-bond donors (Lipinski definition) is 2. The minimum Gasteiger partial charge on any atom is -0.508 e. The lowest BCUT2D eigenvalue weighted by atomic mass is 9.49. The lowest BCUT2D eigenvalue weighted by Crippen LogP contribution is -2.48. The molecule has 0 radical (unpaired) electrons. The summed E-state index contributed by atoms with van der Waals surface area (Å²) in [6.45, 7) is 24.0. The Morgan fingerprint density at radius 3 is 0.989 bits per heavy atom. The van der Waals surface area contributed by atoms with Gasteiger partial charge in [-0.3, -0.25) is 0 Å². The SMILES string of the molecule is CCC(C)c1ccc(O)cc1.CCC(C)c1ccc(O)cc1.CCC(C)c1ccc(OC(CC23CC4CC(CC(C4)C2)C3)OC)cc1.CCC(C)c1ccc(OC(OC)C(C)(C)C)cc1.Fc1ccc([S+](c2ccc(F)cc2)c2ccc(F)cc2)cc1. The summed E-state index contributed by atoms with van der Waals surface area (Å²) in [6.07, 6.45) is 14.1. The van der Waals surface area contributed by atoms with E-state index in [1.54, 1.807) is 74.9 Å². The van der Waals surface area contributed by atoms with Crippen molar-refractivity contribution < 1.29 is 42.3 Å². The molecule has 87 heavy (non-hydrogen) atoms. The summed E-state index contributed by atoms with van der Waals surface area (Å²) < 4.78 is 62.8. The van der Waals surface area contributed by atoms with Crippen LogP contribution >= 0.6 is 0 Å². The highest BCUT2D eigenvalue weighted by Crippen LogP contribution is 2.62. The van der Waals surface area contributed by atoms with E-state index in [-0.39, 0.29) is 35.4 Å². The fourth-order valence-electron chi connectivity index (χ4n) is 12.3. The molecular formula is C77H100F3O6S+. The fraction of sp³-hybridized carbons (Fsp3) is 0.455. The van der Waals surface area contributed by atoms with Crippen LogP contribution in [-0.2, 0) is 20.4 Å². The first kappa shape index (κ1) is 69.9. The molecule has 0 saturated heterocycles. The van der Waals surface area contributed by atoms with Crippen molar-refractivity contribution in [3.8, 4) is 23.0 Å². The average molecular weight is 1210 g/mol. The molecule has 4 bridgehead atoms. The third kappa shape index (κ3) is 21.5. The van der Waals surface area contributed by atoms with E-state index in [1.165, 1.54) is 104 Å². The van der Waals surface area contributed by atoms with Gasteiger partial charge in [0, 0.05) is 26.1 Å². The summed E-state index contributed by atoms with van der Waals surface area (Å²) in [4.78, 5) is 2.67. The van der Waals surface area contributed by atoms with E-state index in [1.807, 2.05) is 36.4 Å². The highest BCUT2D eigenvalue weighted by atomic mass is 32.2. The number of halogens is 3. The summed E-state index contributed by atoms with van der Waals surface area (Å²) in [5, 5.41) is 18.0. The van der Waals surface area contributed by atoms with Gasteiger partial charge in [-0.25, -0.2) is 13.2 Å². The Labute approximate surface area is 523 Å². The number of benzene rings is 7. The third-order valence-corrected chi connectivity index (χ3v) is 20.1. The summed E-state index contributed by atoms with van der Waals surface area (Å²) >= 11 is 0. The van der Waals surface area contributed by atoms with Crippen LogP contribution in [0, 0.1) is 46.0 Å². The first-order valence-corrected chi connectivity index (χ1v) is 33.0. The van der Waals surface area contributed by atoms with Crippen molar-refractivity contribution >= 4 is 10.9 Å². The number of methoxy groups -OCH3 is 2. The molecule has 4 aliphatic rings. The van der Waals surface area contributed by atoms with Gasteiger partial charge in [-0.15, -0.1) is 0 Å². The van der Waals surface area contributed by atoms with Crippen molar-refractivity contribution in [1.29, 1.82) is 0 Å². The maximum atomic E-state index is 13.2. The number of aromatic hydroxyl groups is 2. The van der Waals surface area contributed by atoms with Crippen LogP contribution in [0.1, 0.15) is 193 Å². The van der Waals surface area contributed by atoms with Crippen LogP contribution in [0.2, 0.25) is 0 Å². The highest BCUT2D eigenvalue weighted by Gasteiger charge is 2.51. The Morgan fingerprint density at radius 2 is 0.724 bits per heavy atom. The van der Waals surface area contributed by atoms with Gasteiger partial charge in [-0.05, 0) is 255 Å². The van der Waals surface area contributed by atoms with Crippen molar-refractivity contribution in [1.82, 2.24) is 0 Å². The number of rotatable bonds is 19. The van der Waals surface area contributed by atoms with Crippen LogP contribution in [0.3, 0.4) is 0 Å². The zero-order valence-corrected chi connectivity index (χ0v) is 55.0. The molecule has 7 aromatic carbocycles. The molecule has 6 nitrogen and oxygen atoms in total. The van der Waals surface area contributed by atoms with E-state index in [2.05, 4.69) is 113 Å². The van der Waals surface area contributed by atoms with Crippen LogP contribution in [0.15, 0.2) is 185 Å². The van der Waals surface area contributed by atoms with Crippen LogP contribution in [0.25, 0.3) is 0 Å². The zero-order valence-electron chi connectivity index (χ0n) is 54.2. The van der Waals surface area contributed by atoms with Gasteiger partial charge in [-0.1, -0.05) is 125 Å². The molecule has 4 aliphatic carbocycles. The maximum absolute atomic E-state index is 13.2. The minimum absolute atomic E-state index is 0.0376. The largest absolute Gasteiger partial charge is 0.508 e. The fourth-order valence-corrected chi connectivity index (χ4v) is 14.4. The summed E-state index contributed by atoms with van der Waals surface area (Å²) in [5.41, 5.74) is 5.80. The van der Waals surface area contributed by atoms with E-state index in [0.717, 1.165) is 69.6 Å². The molecule has 4 saturated carbocycles. The van der Waals surface area contributed by atoms with Gasteiger partial charge in [0.2, 0.25) is 6.29 Å². The topological polar surface area (TPSA) is 77.4 Å². The molecular weight excluding hydrogens is 1110 g/mol.